The van der Waals surface area contributed by atoms with Crippen LogP contribution in [0.1, 0.15) is 30.7 Å². The molecule has 1 aromatic carbocycles. The van der Waals surface area contributed by atoms with Crippen LogP contribution >= 0.6 is 0 Å². The van der Waals surface area contributed by atoms with Gasteiger partial charge in [0.15, 0.2) is 0 Å². The fourth-order valence-electron chi connectivity index (χ4n) is 3.97. The van der Waals surface area contributed by atoms with E-state index in [0.717, 1.165) is 61.6 Å². The average molecular weight is 313 g/mol. The molecule has 3 heterocycles. The van der Waals surface area contributed by atoms with Gasteiger partial charge in [0.25, 0.3) is 0 Å². The number of aromatic amines is 1. The lowest BCUT2D eigenvalue weighted by Gasteiger charge is -2.39. The number of fused-ring (bicyclic) bond motifs is 1. The molecule has 0 saturated carbocycles. The molecule has 2 aromatic rings. The first-order chi connectivity index (χ1) is 11.1. The number of nitrogens with zero attached hydrogens (tertiary/aromatic N) is 2. The van der Waals surface area contributed by atoms with Crippen LogP contribution in [0.4, 0.5) is 0 Å². The Balaban J connectivity index is 1.47. The number of carbonyl (C=O) groups excluding carboxylic acids is 1. The van der Waals surface area contributed by atoms with Gasteiger partial charge >= 0.3 is 0 Å². The summed E-state index contributed by atoms with van der Waals surface area (Å²) >= 11 is 0. The van der Waals surface area contributed by atoms with E-state index < -0.39 is 0 Å². The Labute approximate surface area is 136 Å². The van der Waals surface area contributed by atoms with Crippen LogP contribution in [-0.2, 0) is 16.0 Å². The summed E-state index contributed by atoms with van der Waals surface area (Å²) in [5.41, 5.74) is 3.23. The Morgan fingerprint density at radius 1 is 1.43 bits per heavy atom. The highest BCUT2D eigenvalue weighted by atomic mass is 16.5. The molecule has 0 radical (unpaired) electrons. The van der Waals surface area contributed by atoms with Crippen molar-refractivity contribution in [3.8, 4) is 0 Å². The molecule has 1 atom stereocenters. The molecule has 2 aliphatic rings. The number of hydrogen-bond donors (Lipinski definition) is 1. The lowest BCUT2D eigenvalue weighted by molar-refractivity contribution is -0.134. The van der Waals surface area contributed by atoms with Gasteiger partial charge in [-0.2, -0.15) is 0 Å². The molecule has 0 unspecified atom stereocenters. The summed E-state index contributed by atoms with van der Waals surface area (Å²) in [5, 5.41) is 0. The molecule has 2 saturated heterocycles. The number of likely N-dealkylation sites (tertiary alicyclic amines) is 1. The number of nitrogens with one attached hydrogen (secondary N) is 1. The molecule has 1 amide bonds. The molecule has 1 N–H and O–H groups in total. The lowest BCUT2D eigenvalue weighted by Crippen LogP contribution is -2.47. The number of rotatable bonds is 2. The first-order valence-corrected chi connectivity index (χ1v) is 8.44. The van der Waals surface area contributed by atoms with Crippen LogP contribution in [0, 0.1) is 12.3 Å². The number of aromatic nitrogens is 2. The van der Waals surface area contributed by atoms with Gasteiger partial charge in [0.05, 0.1) is 24.1 Å². The molecule has 1 aromatic heterocycles. The zero-order valence-electron chi connectivity index (χ0n) is 13.6. The molecular formula is C18H23N3O2. The molecule has 1 spiro atoms. The van der Waals surface area contributed by atoms with Crippen molar-refractivity contribution >= 4 is 16.9 Å². The van der Waals surface area contributed by atoms with Gasteiger partial charge in [0.1, 0.15) is 5.82 Å². The smallest absolute Gasteiger partial charge is 0.227 e. The minimum absolute atomic E-state index is 0.221. The number of piperidine rings is 1. The molecule has 2 aliphatic heterocycles. The predicted molar refractivity (Wildman–Crippen MR) is 88.2 cm³/mol. The summed E-state index contributed by atoms with van der Waals surface area (Å²) in [6.45, 7) is 5.35. The number of aryl methyl sites for hydroxylation is 1. The largest absolute Gasteiger partial charge is 0.381 e. The molecule has 23 heavy (non-hydrogen) atoms. The van der Waals surface area contributed by atoms with Crippen LogP contribution in [-0.4, -0.2) is 47.1 Å². The van der Waals surface area contributed by atoms with E-state index in [2.05, 4.69) is 9.97 Å². The SMILES string of the molecule is Cc1nc2ccc(CC(=O)N3CCC[C@]4(CCOC4)C3)cc2[nH]1. The van der Waals surface area contributed by atoms with Gasteiger partial charge in [-0.3, -0.25) is 4.79 Å². The van der Waals surface area contributed by atoms with E-state index in [1.165, 1.54) is 6.42 Å². The Morgan fingerprint density at radius 3 is 3.17 bits per heavy atom. The lowest BCUT2D eigenvalue weighted by atomic mass is 9.79. The number of hydrogen-bond acceptors (Lipinski definition) is 3. The molecule has 4 rings (SSSR count). The molecule has 5 nitrogen and oxygen atoms in total. The van der Waals surface area contributed by atoms with Crippen LogP contribution in [0.5, 0.6) is 0 Å². The molecule has 0 bridgehead atoms. The van der Waals surface area contributed by atoms with Crippen molar-refractivity contribution in [2.24, 2.45) is 5.41 Å². The fraction of sp³-hybridized carbons (Fsp3) is 0.556. The summed E-state index contributed by atoms with van der Waals surface area (Å²) in [6.07, 6.45) is 3.84. The second-order valence-electron chi connectivity index (χ2n) is 7.07. The van der Waals surface area contributed by atoms with Crippen molar-refractivity contribution < 1.29 is 9.53 Å². The minimum Gasteiger partial charge on any atom is -0.381 e. The second kappa shape index (κ2) is 5.64. The maximum absolute atomic E-state index is 12.7. The van der Waals surface area contributed by atoms with Crippen molar-refractivity contribution in [1.82, 2.24) is 14.9 Å². The average Bonchev–Trinajstić information content (AvgIpc) is 3.12. The van der Waals surface area contributed by atoms with Crippen LogP contribution in [0.15, 0.2) is 18.2 Å². The third-order valence-corrected chi connectivity index (χ3v) is 5.22. The fourth-order valence-corrected chi connectivity index (χ4v) is 3.97. The van der Waals surface area contributed by atoms with Crippen LogP contribution < -0.4 is 0 Å². The van der Waals surface area contributed by atoms with Crippen LogP contribution in [0.2, 0.25) is 0 Å². The topological polar surface area (TPSA) is 58.2 Å². The van der Waals surface area contributed by atoms with Gasteiger partial charge in [-0.15, -0.1) is 0 Å². The highest BCUT2D eigenvalue weighted by Crippen LogP contribution is 2.37. The van der Waals surface area contributed by atoms with Crippen LogP contribution in [0.3, 0.4) is 0 Å². The third kappa shape index (κ3) is 2.85. The summed E-state index contributed by atoms with van der Waals surface area (Å²) in [7, 11) is 0. The maximum atomic E-state index is 12.7. The molecule has 2 fully saturated rings. The zero-order chi connectivity index (χ0) is 15.9. The zero-order valence-corrected chi connectivity index (χ0v) is 13.6. The first-order valence-electron chi connectivity index (χ1n) is 8.44. The van der Waals surface area contributed by atoms with Gasteiger partial charge in [-0.25, -0.2) is 4.98 Å². The summed E-state index contributed by atoms with van der Waals surface area (Å²) in [5.74, 6) is 1.13. The second-order valence-corrected chi connectivity index (χ2v) is 7.07. The number of H-pyrrole nitrogens is 1. The third-order valence-electron chi connectivity index (χ3n) is 5.22. The van der Waals surface area contributed by atoms with E-state index in [9.17, 15) is 4.79 Å². The van der Waals surface area contributed by atoms with Crippen molar-refractivity contribution in [2.45, 2.75) is 32.6 Å². The van der Waals surface area contributed by atoms with Crippen molar-refractivity contribution in [1.29, 1.82) is 0 Å². The van der Waals surface area contributed by atoms with Crippen LogP contribution in [0.25, 0.3) is 11.0 Å². The first kappa shape index (κ1) is 14.7. The maximum Gasteiger partial charge on any atom is 0.227 e. The predicted octanol–water partition coefficient (Wildman–Crippen LogP) is 2.44. The molecule has 0 aliphatic carbocycles. The van der Waals surface area contributed by atoms with E-state index in [1.54, 1.807) is 0 Å². The minimum atomic E-state index is 0.221. The number of ether oxygens (including phenoxy) is 1. The molecule has 5 heteroatoms. The highest BCUT2D eigenvalue weighted by Gasteiger charge is 2.40. The highest BCUT2D eigenvalue weighted by molar-refractivity contribution is 5.82. The van der Waals surface area contributed by atoms with E-state index >= 15 is 0 Å². The summed E-state index contributed by atoms with van der Waals surface area (Å²) in [4.78, 5) is 22.4. The molecule has 122 valence electrons. The number of amides is 1. The Hall–Kier alpha value is -1.88. The molecular weight excluding hydrogens is 290 g/mol. The van der Waals surface area contributed by atoms with Gasteiger partial charge in [-0.1, -0.05) is 6.07 Å². The number of imidazole rings is 1. The van der Waals surface area contributed by atoms with Gasteiger partial charge in [0, 0.05) is 25.1 Å². The Morgan fingerprint density at radius 2 is 2.35 bits per heavy atom. The van der Waals surface area contributed by atoms with Crippen molar-refractivity contribution in [2.75, 3.05) is 26.3 Å². The number of benzene rings is 1. The van der Waals surface area contributed by atoms with E-state index in [-0.39, 0.29) is 11.3 Å². The monoisotopic (exact) mass is 313 g/mol. The summed E-state index contributed by atoms with van der Waals surface area (Å²) < 4.78 is 5.59. The van der Waals surface area contributed by atoms with Gasteiger partial charge in [-0.05, 0) is 43.9 Å². The quantitative estimate of drug-likeness (QED) is 0.926. The van der Waals surface area contributed by atoms with Crippen molar-refractivity contribution in [3.05, 3.63) is 29.6 Å². The number of carbonyl (C=O) groups is 1. The Bertz CT molecular complexity index is 731. The van der Waals surface area contributed by atoms with Gasteiger partial charge < -0.3 is 14.6 Å². The normalized spacial score (nSPS) is 24.7. The summed E-state index contributed by atoms with van der Waals surface area (Å²) in [6, 6.07) is 6.05. The van der Waals surface area contributed by atoms with Gasteiger partial charge in [0.2, 0.25) is 5.91 Å². The standard InChI is InChI=1S/C18H23N3O2/c1-13-19-15-4-3-14(9-16(15)20-13)10-17(22)21-7-2-5-18(11-21)6-8-23-12-18/h3-4,9H,2,5-8,10-12H2,1H3,(H,19,20)/t18-/m0/s1. The van der Waals surface area contributed by atoms with E-state index in [0.29, 0.717) is 6.42 Å². The van der Waals surface area contributed by atoms with E-state index in [4.69, 9.17) is 4.74 Å². The van der Waals surface area contributed by atoms with E-state index in [1.807, 2.05) is 30.0 Å². The Kier molecular flexibility index (Phi) is 3.60. The van der Waals surface area contributed by atoms with Crippen molar-refractivity contribution in [3.63, 3.8) is 0 Å².